The lowest BCUT2D eigenvalue weighted by atomic mass is 9.96. The predicted molar refractivity (Wildman–Crippen MR) is 90.3 cm³/mol. The molecule has 2 aliphatic rings. The van der Waals surface area contributed by atoms with E-state index in [0.717, 1.165) is 30.9 Å². The molecule has 4 rings (SSSR count). The van der Waals surface area contributed by atoms with E-state index >= 15 is 0 Å². The second-order valence-electron chi connectivity index (χ2n) is 6.18. The van der Waals surface area contributed by atoms with Crippen molar-refractivity contribution >= 4 is 17.2 Å². The molecule has 2 aromatic rings. The average Bonchev–Trinajstić information content (AvgIpc) is 3.06. The van der Waals surface area contributed by atoms with Gasteiger partial charge in [-0.05, 0) is 36.8 Å². The first kappa shape index (κ1) is 16.8. The van der Waals surface area contributed by atoms with E-state index in [4.69, 9.17) is 4.74 Å². The summed E-state index contributed by atoms with van der Waals surface area (Å²) in [4.78, 5) is 10.9. The molecule has 0 saturated carbocycles. The van der Waals surface area contributed by atoms with Gasteiger partial charge in [-0.1, -0.05) is 0 Å². The number of ether oxygens (including phenoxy) is 2. The molecule has 0 N–H and O–H groups in total. The Balaban J connectivity index is 1.56. The lowest BCUT2D eigenvalue weighted by Gasteiger charge is -2.22. The van der Waals surface area contributed by atoms with Crippen LogP contribution in [0.1, 0.15) is 17.5 Å². The van der Waals surface area contributed by atoms with E-state index in [1.165, 1.54) is 18.2 Å². The highest BCUT2D eigenvalue weighted by molar-refractivity contribution is 6.22. The van der Waals surface area contributed by atoms with Gasteiger partial charge in [0.25, 0.3) is 0 Å². The van der Waals surface area contributed by atoms with Gasteiger partial charge >= 0.3 is 6.36 Å². The zero-order valence-corrected chi connectivity index (χ0v) is 14.0. The van der Waals surface area contributed by atoms with Gasteiger partial charge in [0.2, 0.25) is 0 Å². The summed E-state index contributed by atoms with van der Waals surface area (Å²) in [5, 5.41) is 0. The third kappa shape index (κ3) is 3.24. The van der Waals surface area contributed by atoms with E-state index < -0.39 is 6.36 Å². The van der Waals surface area contributed by atoms with Gasteiger partial charge in [-0.2, -0.15) is 0 Å². The monoisotopic (exact) mass is 363 g/mol. The van der Waals surface area contributed by atoms with Crippen molar-refractivity contribution in [1.82, 2.24) is 4.98 Å². The van der Waals surface area contributed by atoms with Crippen molar-refractivity contribution in [3.8, 4) is 5.75 Å². The zero-order valence-electron chi connectivity index (χ0n) is 14.0. The molecular formula is C18H16F3N3O2. The Morgan fingerprint density at radius 3 is 2.77 bits per heavy atom. The van der Waals surface area contributed by atoms with E-state index in [0.29, 0.717) is 17.0 Å². The van der Waals surface area contributed by atoms with Gasteiger partial charge in [0.05, 0.1) is 17.5 Å². The van der Waals surface area contributed by atoms with Crippen molar-refractivity contribution in [3.63, 3.8) is 0 Å². The van der Waals surface area contributed by atoms with Crippen molar-refractivity contribution in [2.75, 3.05) is 25.1 Å². The second kappa shape index (κ2) is 6.28. The summed E-state index contributed by atoms with van der Waals surface area (Å²) >= 11 is 0. The van der Waals surface area contributed by atoms with Gasteiger partial charge in [0, 0.05) is 37.5 Å². The number of aromatic nitrogens is 1. The number of hydrogen-bond acceptors (Lipinski definition) is 5. The Labute approximate surface area is 148 Å². The van der Waals surface area contributed by atoms with Gasteiger partial charge in [0.1, 0.15) is 11.6 Å². The van der Waals surface area contributed by atoms with Crippen LogP contribution in [-0.4, -0.2) is 43.4 Å². The summed E-state index contributed by atoms with van der Waals surface area (Å²) in [5.41, 5.74) is 2.74. The summed E-state index contributed by atoms with van der Waals surface area (Å²) < 4.78 is 46.6. The largest absolute Gasteiger partial charge is 0.573 e. The van der Waals surface area contributed by atoms with Gasteiger partial charge in [-0.15, -0.1) is 13.2 Å². The molecule has 0 aliphatic carbocycles. The van der Waals surface area contributed by atoms with Crippen molar-refractivity contribution in [2.45, 2.75) is 18.9 Å². The summed E-state index contributed by atoms with van der Waals surface area (Å²) in [6.07, 6.45) is -1.91. The van der Waals surface area contributed by atoms with Crippen LogP contribution >= 0.6 is 0 Å². The Bertz CT molecular complexity index is 867. The highest BCUT2D eigenvalue weighted by atomic mass is 19.4. The minimum atomic E-state index is -4.72. The smallest absolute Gasteiger partial charge is 0.406 e. The fourth-order valence-electron chi connectivity index (χ4n) is 3.21. The van der Waals surface area contributed by atoms with Crippen molar-refractivity contribution in [3.05, 3.63) is 47.7 Å². The second-order valence-corrected chi connectivity index (χ2v) is 6.18. The lowest BCUT2D eigenvalue weighted by molar-refractivity contribution is -0.274. The van der Waals surface area contributed by atoms with Crippen LogP contribution in [0, 0.1) is 0 Å². The predicted octanol–water partition coefficient (Wildman–Crippen LogP) is 3.69. The maximum Gasteiger partial charge on any atom is 0.573 e. The van der Waals surface area contributed by atoms with Gasteiger partial charge in [-0.3, -0.25) is 0 Å². The number of methoxy groups -OCH3 is 1. The number of nitrogens with zero attached hydrogens (tertiary/aromatic N) is 3. The van der Waals surface area contributed by atoms with E-state index in [9.17, 15) is 13.2 Å². The van der Waals surface area contributed by atoms with Gasteiger partial charge in [0.15, 0.2) is 0 Å². The summed E-state index contributed by atoms with van der Waals surface area (Å²) in [6.45, 7) is 1.61. The molecule has 1 fully saturated rings. The first-order chi connectivity index (χ1) is 12.4. The van der Waals surface area contributed by atoms with Crippen molar-refractivity contribution < 1.29 is 22.6 Å². The molecule has 136 valence electrons. The number of aliphatic imine (C=N–C) groups is 1. The number of fused-ring (bicyclic) bond motifs is 1. The van der Waals surface area contributed by atoms with E-state index in [1.807, 2.05) is 6.07 Å². The third-order valence-electron chi connectivity index (χ3n) is 4.51. The molecule has 1 atom stereocenters. The zero-order chi connectivity index (χ0) is 18.3. The SMILES string of the molecule is COC1CCN(c2cc(C3=Nc4ccc(OC(F)(F)F)cc43)ccn2)C1. The van der Waals surface area contributed by atoms with Crippen LogP contribution in [0.15, 0.2) is 41.5 Å². The Morgan fingerprint density at radius 2 is 2.04 bits per heavy atom. The maximum absolute atomic E-state index is 12.4. The molecule has 1 aromatic heterocycles. The molecule has 0 radical (unpaired) electrons. The fourth-order valence-corrected chi connectivity index (χ4v) is 3.21. The van der Waals surface area contributed by atoms with Crippen LogP contribution in [0.3, 0.4) is 0 Å². The third-order valence-corrected chi connectivity index (χ3v) is 4.51. The number of pyridine rings is 1. The summed E-state index contributed by atoms with van der Waals surface area (Å²) in [7, 11) is 1.69. The van der Waals surface area contributed by atoms with Crippen LogP contribution in [0.4, 0.5) is 24.7 Å². The highest BCUT2D eigenvalue weighted by Crippen LogP contribution is 2.37. The average molecular weight is 363 g/mol. The van der Waals surface area contributed by atoms with Crippen LogP contribution in [0.25, 0.3) is 0 Å². The van der Waals surface area contributed by atoms with Gasteiger partial charge < -0.3 is 14.4 Å². The fraction of sp³-hybridized carbons (Fsp3) is 0.333. The molecule has 26 heavy (non-hydrogen) atoms. The molecule has 1 unspecified atom stereocenters. The molecule has 1 saturated heterocycles. The van der Waals surface area contributed by atoms with E-state index in [-0.39, 0.29) is 11.9 Å². The number of halogens is 3. The van der Waals surface area contributed by atoms with Crippen LogP contribution in [-0.2, 0) is 4.74 Å². The number of hydrogen-bond donors (Lipinski definition) is 0. The minimum absolute atomic E-state index is 0.185. The molecule has 3 heterocycles. The van der Waals surface area contributed by atoms with Crippen molar-refractivity contribution in [1.29, 1.82) is 0 Å². The number of alkyl halides is 3. The topological polar surface area (TPSA) is 47.0 Å². The maximum atomic E-state index is 12.4. The molecule has 8 heteroatoms. The Morgan fingerprint density at radius 1 is 1.19 bits per heavy atom. The lowest BCUT2D eigenvalue weighted by Crippen LogP contribution is -2.23. The molecule has 0 bridgehead atoms. The molecule has 5 nitrogen and oxygen atoms in total. The number of anilines is 1. The van der Waals surface area contributed by atoms with E-state index in [1.54, 1.807) is 19.4 Å². The molecule has 0 spiro atoms. The standard InChI is InChI=1S/C18H16F3N3O2/c1-25-13-5-7-24(10-13)16-8-11(4-6-22-16)17-14-9-12(26-18(19,20)21)2-3-15(14)23-17/h2-4,6,8-9,13H,5,7,10H2,1H3. The Hall–Kier alpha value is -2.61. The highest BCUT2D eigenvalue weighted by Gasteiger charge is 2.32. The number of benzene rings is 1. The molecular weight excluding hydrogens is 347 g/mol. The van der Waals surface area contributed by atoms with Gasteiger partial charge in [-0.25, -0.2) is 9.98 Å². The summed E-state index contributed by atoms with van der Waals surface area (Å²) in [6, 6.07) is 7.84. The van der Waals surface area contributed by atoms with Crippen LogP contribution < -0.4 is 9.64 Å². The van der Waals surface area contributed by atoms with Crippen LogP contribution in [0.2, 0.25) is 0 Å². The minimum Gasteiger partial charge on any atom is -0.406 e. The summed E-state index contributed by atoms with van der Waals surface area (Å²) in [5.74, 6) is 0.557. The molecule has 0 amide bonds. The normalized spacial score (nSPS) is 19.0. The first-order valence-electron chi connectivity index (χ1n) is 8.16. The number of rotatable bonds is 4. The van der Waals surface area contributed by atoms with Crippen molar-refractivity contribution in [2.24, 2.45) is 4.99 Å². The van der Waals surface area contributed by atoms with Crippen LogP contribution in [0.5, 0.6) is 5.75 Å². The molecule has 2 aliphatic heterocycles. The van der Waals surface area contributed by atoms with E-state index in [2.05, 4.69) is 19.6 Å². The first-order valence-corrected chi connectivity index (χ1v) is 8.16. The quantitative estimate of drug-likeness (QED) is 0.709. The Kier molecular flexibility index (Phi) is 4.07. The molecule has 1 aromatic carbocycles.